The van der Waals surface area contributed by atoms with E-state index >= 15 is 0 Å². The van der Waals surface area contributed by atoms with E-state index in [0.29, 0.717) is 6.61 Å². The lowest BCUT2D eigenvalue weighted by atomic mass is 9.69. The first kappa shape index (κ1) is 12.9. The maximum Gasteiger partial charge on any atom is 0.0726 e. The van der Waals surface area contributed by atoms with Gasteiger partial charge in [0.25, 0.3) is 0 Å². The minimum atomic E-state index is -0.513. The van der Waals surface area contributed by atoms with Gasteiger partial charge < -0.3 is 20.7 Å². The average Bonchev–Trinajstić information content (AvgIpc) is 2.24. The average molecular weight is 217 g/mol. The van der Waals surface area contributed by atoms with Crippen molar-refractivity contribution in [1.29, 1.82) is 0 Å². The molecule has 5 unspecified atom stereocenters. The zero-order chi connectivity index (χ0) is 11.4. The van der Waals surface area contributed by atoms with Gasteiger partial charge >= 0.3 is 0 Å². The topological polar surface area (TPSA) is 75.7 Å². The summed E-state index contributed by atoms with van der Waals surface area (Å²) in [7, 11) is 1.64. The molecule has 1 aliphatic carbocycles. The van der Waals surface area contributed by atoms with Crippen molar-refractivity contribution < 1.29 is 14.9 Å². The van der Waals surface area contributed by atoms with Crippen LogP contribution < -0.4 is 5.73 Å². The largest absolute Gasteiger partial charge is 0.396 e. The predicted molar refractivity (Wildman–Crippen MR) is 58.3 cm³/mol. The zero-order valence-electron chi connectivity index (χ0n) is 9.60. The third-order valence-corrected chi connectivity index (χ3v) is 3.68. The van der Waals surface area contributed by atoms with E-state index in [2.05, 4.69) is 0 Å². The highest BCUT2D eigenvalue weighted by Gasteiger charge is 2.40. The molecule has 15 heavy (non-hydrogen) atoms. The zero-order valence-corrected chi connectivity index (χ0v) is 9.60. The standard InChI is InChI=1S/C11H23NO3/c1-3-9-7(5-13)4-8(6-15-2)10(12)11(9)14/h7-11,13-14H,3-6,12H2,1-2H3. The van der Waals surface area contributed by atoms with Crippen LogP contribution in [-0.2, 0) is 4.74 Å². The lowest BCUT2D eigenvalue weighted by molar-refractivity contribution is -0.0464. The van der Waals surface area contributed by atoms with Crippen LogP contribution in [0.5, 0.6) is 0 Å². The van der Waals surface area contributed by atoms with E-state index in [-0.39, 0.29) is 30.4 Å². The SMILES string of the molecule is CCC1C(CO)CC(COC)C(N)C1O. The predicted octanol–water partition coefficient (Wildman–Crippen LogP) is -0.0244. The molecular weight excluding hydrogens is 194 g/mol. The molecule has 90 valence electrons. The summed E-state index contributed by atoms with van der Waals surface area (Å²) in [6.07, 6.45) is 1.20. The molecule has 0 aromatic rings. The fourth-order valence-corrected chi connectivity index (χ4v) is 2.74. The third-order valence-electron chi connectivity index (χ3n) is 3.68. The lowest BCUT2D eigenvalue weighted by Gasteiger charge is -2.42. The van der Waals surface area contributed by atoms with Crippen LogP contribution in [0.15, 0.2) is 0 Å². The van der Waals surface area contributed by atoms with Crippen molar-refractivity contribution in [2.24, 2.45) is 23.5 Å². The highest BCUT2D eigenvalue weighted by atomic mass is 16.5. The van der Waals surface area contributed by atoms with Gasteiger partial charge in [0.2, 0.25) is 0 Å². The van der Waals surface area contributed by atoms with Gasteiger partial charge in [-0.15, -0.1) is 0 Å². The molecule has 5 atom stereocenters. The van der Waals surface area contributed by atoms with E-state index in [0.717, 1.165) is 12.8 Å². The van der Waals surface area contributed by atoms with Crippen molar-refractivity contribution in [1.82, 2.24) is 0 Å². The molecule has 0 bridgehead atoms. The van der Waals surface area contributed by atoms with E-state index in [4.69, 9.17) is 10.5 Å². The van der Waals surface area contributed by atoms with E-state index in [1.165, 1.54) is 0 Å². The van der Waals surface area contributed by atoms with Gasteiger partial charge in [-0.1, -0.05) is 13.3 Å². The molecule has 1 aliphatic rings. The molecule has 0 aromatic heterocycles. The van der Waals surface area contributed by atoms with Crippen LogP contribution >= 0.6 is 0 Å². The van der Waals surface area contributed by atoms with Crippen LogP contribution in [0.2, 0.25) is 0 Å². The summed E-state index contributed by atoms with van der Waals surface area (Å²) in [5, 5.41) is 19.3. The first-order valence-electron chi connectivity index (χ1n) is 5.69. The van der Waals surface area contributed by atoms with Crippen molar-refractivity contribution >= 4 is 0 Å². The van der Waals surface area contributed by atoms with Crippen LogP contribution in [0.25, 0.3) is 0 Å². The van der Waals surface area contributed by atoms with E-state index in [1.54, 1.807) is 7.11 Å². The van der Waals surface area contributed by atoms with Gasteiger partial charge in [-0.3, -0.25) is 0 Å². The second kappa shape index (κ2) is 5.80. The Kier molecular flexibility index (Phi) is 4.99. The smallest absolute Gasteiger partial charge is 0.0726 e. The number of aliphatic hydroxyl groups excluding tert-OH is 2. The fraction of sp³-hybridized carbons (Fsp3) is 1.00. The van der Waals surface area contributed by atoms with Gasteiger partial charge in [-0.25, -0.2) is 0 Å². The summed E-state index contributed by atoms with van der Waals surface area (Å²) in [5.74, 6) is 0.438. The number of ether oxygens (including phenoxy) is 1. The summed E-state index contributed by atoms with van der Waals surface area (Å²) in [6.45, 7) is 2.72. The van der Waals surface area contributed by atoms with Gasteiger partial charge in [0.1, 0.15) is 0 Å². The molecule has 0 amide bonds. The molecule has 4 heteroatoms. The molecule has 0 spiro atoms. The van der Waals surface area contributed by atoms with Crippen LogP contribution in [0, 0.1) is 17.8 Å². The monoisotopic (exact) mass is 217 g/mol. The van der Waals surface area contributed by atoms with Crippen LogP contribution in [-0.4, -0.2) is 42.7 Å². The molecule has 1 fully saturated rings. The molecule has 1 rings (SSSR count). The maximum atomic E-state index is 10.0. The molecule has 4 nitrogen and oxygen atoms in total. The molecule has 0 heterocycles. The number of rotatable bonds is 4. The van der Waals surface area contributed by atoms with Crippen LogP contribution in [0.3, 0.4) is 0 Å². The molecule has 0 aromatic carbocycles. The van der Waals surface area contributed by atoms with Gasteiger partial charge in [-0.05, 0) is 18.3 Å². The molecule has 1 saturated carbocycles. The Bertz CT molecular complexity index is 185. The van der Waals surface area contributed by atoms with Crippen molar-refractivity contribution in [2.75, 3.05) is 20.3 Å². The maximum absolute atomic E-state index is 10.0. The number of aliphatic hydroxyl groups is 2. The highest BCUT2D eigenvalue weighted by Crippen LogP contribution is 2.35. The molecule has 0 saturated heterocycles. The number of methoxy groups -OCH3 is 1. The minimum absolute atomic E-state index is 0.123. The Labute approximate surface area is 91.4 Å². The lowest BCUT2D eigenvalue weighted by Crippen LogP contribution is -2.54. The summed E-state index contributed by atoms with van der Waals surface area (Å²) >= 11 is 0. The first-order valence-corrected chi connectivity index (χ1v) is 5.69. The summed E-state index contributed by atoms with van der Waals surface area (Å²) in [4.78, 5) is 0. The third kappa shape index (κ3) is 2.69. The number of hydrogen-bond acceptors (Lipinski definition) is 4. The molecular formula is C11H23NO3. The van der Waals surface area contributed by atoms with Gasteiger partial charge in [0, 0.05) is 25.7 Å². The number of nitrogens with two attached hydrogens (primary N) is 1. The summed E-state index contributed by atoms with van der Waals surface area (Å²) in [5.41, 5.74) is 5.98. The molecule has 0 radical (unpaired) electrons. The Balaban J connectivity index is 2.68. The Hall–Kier alpha value is -0.160. The molecule has 4 N–H and O–H groups in total. The van der Waals surface area contributed by atoms with Gasteiger partial charge in [-0.2, -0.15) is 0 Å². The number of hydrogen-bond donors (Lipinski definition) is 3. The summed E-state index contributed by atoms with van der Waals surface area (Å²) < 4.78 is 5.09. The fourth-order valence-electron chi connectivity index (χ4n) is 2.74. The minimum Gasteiger partial charge on any atom is -0.396 e. The Morgan fingerprint density at radius 1 is 1.40 bits per heavy atom. The van der Waals surface area contributed by atoms with Crippen LogP contribution in [0.1, 0.15) is 19.8 Å². The Morgan fingerprint density at radius 3 is 2.53 bits per heavy atom. The normalized spacial score (nSPS) is 41.8. The van der Waals surface area contributed by atoms with Crippen molar-refractivity contribution in [3.8, 4) is 0 Å². The van der Waals surface area contributed by atoms with E-state index in [1.807, 2.05) is 6.92 Å². The van der Waals surface area contributed by atoms with Crippen molar-refractivity contribution in [2.45, 2.75) is 31.9 Å². The van der Waals surface area contributed by atoms with E-state index < -0.39 is 6.10 Å². The van der Waals surface area contributed by atoms with Crippen LogP contribution in [0.4, 0.5) is 0 Å². The van der Waals surface area contributed by atoms with E-state index in [9.17, 15) is 10.2 Å². The molecule has 0 aliphatic heterocycles. The second-order valence-electron chi connectivity index (χ2n) is 4.53. The van der Waals surface area contributed by atoms with Crippen molar-refractivity contribution in [3.63, 3.8) is 0 Å². The second-order valence-corrected chi connectivity index (χ2v) is 4.53. The van der Waals surface area contributed by atoms with Gasteiger partial charge in [0.15, 0.2) is 0 Å². The quantitative estimate of drug-likeness (QED) is 0.618. The Morgan fingerprint density at radius 2 is 2.07 bits per heavy atom. The first-order chi connectivity index (χ1) is 7.15. The van der Waals surface area contributed by atoms with Gasteiger partial charge in [0.05, 0.1) is 12.7 Å². The van der Waals surface area contributed by atoms with Crippen molar-refractivity contribution in [3.05, 3.63) is 0 Å². The highest BCUT2D eigenvalue weighted by molar-refractivity contribution is 4.93. The summed E-state index contributed by atoms with van der Waals surface area (Å²) in [6, 6.07) is -0.224.